The third-order valence-corrected chi connectivity index (χ3v) is 4.32. The summed E-state index contributed by atoms with van der Waals surface area (Å²) in [6, 6.07) is 7.49. The molecule has 0 bridgehead atoms. The summed E-state index contributed by atoms with van der Waals surface area (Å²) in [6.45, 7) is 2.56. The van der Waals surface area contributed by atoms with E-state index >= 15 is 0 Å². The minimum atomic E-state index is -0.726. The van der Waals surface area contributed by atoms with Gasteiger partial charge in [0, 0.05) is 6.54 Å². The normalized spacial score (nSPS) is 25.4. The maximum atomic E-state index is 12.0. The molecular weight excluding hydrogens is 266 g/mol. The highest BCUT2D eigenvalue weighted by molar-refractivity contribution is 5.78. The van der Waals surface area contributed by atoms with Crippen LogP contribution in [0.1, 0.15) is 38.2 Å². The second kappa shape index (κ2) is 6.94. The third-order valence-electron chi connectivity index (χ3n) is 4.32. The van der Waals surface area contributed by atoms with Crippen LogP contribution in [-0.4, -0.2) is 30.3 Å². The van der Waals surface area contributed by atoms with Gasteiger partial charge in [-0.1, -0.05) is 19.1 Å². The molecular formula is C17H25NO3. The van der Waals surface area contributed by atoms with E-state index in [4.69, 9.17) is 4.74 Å². The third kappa shape index (κ3) is 4.74. The summed E-state index contributed by atoms with van der Waals surface area (Å²) >= 11 is 0. The van der Waals surface area contributed by atoms with Crippen LogP contribution in [0.3, 0.4) is 0 Å². The summed E-state index contributed by atoms with van der Waals surface area (Å²) in [5.41, 5.74) is 0.187. The standard InChI is InChI=1S/C17H25NO3/c1-13-6-8-17(20,9-7-13)12-18-16(19)11-14-4-3-5-15(10-14)21-2/h3-5,10,13,20H,6-9,11-12H2,1-2H3,(H,18,19). The molecule has 2 rings (SSSR count). The molecule has 0 radical (unpaired) electrons. The SMILES string of the molecule is COc1cccc(CC(=O)NCC2(O)CCC(C)CC2)c1. The Morgan fingerprint density at radius 1 is 1.43 bits per heavy atom. The molecule has 0 spiro atoms. The average molecular weight is 291 g/mol. The van der Waals surface area contributed by atoms with Gasteiger partial charge in [-0.15, -0.1) is 0 Å². The second-order valence-corrected chi connectivity index (χ2v) is 6.21. The molecule has 1 aliphatic rings. The predicted molar refractivity (Wildman–Crippen MR) is 82.3 cm³/mol. The van der Waals surface area contributed by atoms with Crippen molar-refractivity contribution in [3.8, 4) is 5.75 Å². The van der Waals surface area contributed by atoms with Gasteiger partial charge in [0.05, 0.1) is 19.1 Å². The predicted octanol–water partition coefficient (Wildman–Crippen LogP) is 2.30. The summed E-state index contributed by atoms with van der Waals surface area (Å²) in [7, 11) is 1.61. The lowest BCUT2D eigenvalue weighted by atomic mass is 9.79. The van der Waals surface area contributed by atoms with Gasteiger partial charge in [-0.25, -0.2) is 0 Å². The van der Waals surface area contributed by atoms with Gasteiger partial charge in [0.1, 0.15) is 5.75 Å². The van der Waals surface area contributed by atoms with Crippen molar-refractivity contribution in [2.24, 2.45) is 5.92 Å². The van der Waals surface area contributed by atoms with E-state index in [1.165, 1.54) is 0 Å². The van der Waals surface area contributed by atoms with Crippen molar-refractivity contribution in [1.29, 1.82) is 0 Å². The van der Waals surface area contributed by atoms with E-state index in [1.807, 2.05) is 24.3 Å². The van der Waals surface area contributed by atoms with E-state index < -0.39 is 5.60 Å². The van der Waals surface area contributed by atoms with Crippen molar-refractivity contribution in [2.75, 3.05) is 13.7 Å². The number of carbonyl (C=O) groups is 1. The summed E-state index contributed by atoms with van der Waals surface area (Å²) in [4.78, 5) is 12.0. The van der Waals surface area contributed by atoms with Gasteiger partial charge in [-0.05, 0) is 49.3 Å². The monoisotopic (exact) mass is 291 g/mol. The lowest BCUT2D eigenvalue weighted by Gasteiger charge is -2.34. The number of ether oxygens (including phenoxy) is 1. The van der Waals surface area contributed by atoms with Gasteiger partial charge in [0.2, 0.25) is 5.91 Å². The van der Waals surface area contributed by atoms with Crippen molar-refractivity contribution in [1.82, 2.24) is 5.32 Å². The molecule has 4 heteroatoms. The van der Waals surface area contributed by atoms with Gasteiger partial charge in [0.25, 0.3) is 0 Å². The Balaban J connectivity index is 1.81. The largest absolute Gasteiger partial charge is 0.497 e. The van der Waals surface area contributed by atoms with Gasteiger partial charge in [-0.2, -0.15) is 0 Å². The van der Waals surface area contributed by atoms with Crippen LogP contribution in [-0.2, 0) is 11.2 Å². The zero-order chi connectivity index (χ0) is 15.3. The van der Waals surface area contributed by atoms with E-state index in [-0.39, 0.29) is 5.91 Å². The lowest BCUT2D eigenvalue weighted by Crippen LogP contribution is -2.45. The molecule has 1 aliphatic carbocycles. The molecule has 0 aliphatic heterocycles. The Hall–Kier alpha value is -1.55. The van der Waals surface area contributed by atoms with Crippen LogP contribution in [0.4, 0.5) is 0 Å². The number of carbonyl (C=O) groups excluding carboxylic acids is 1. The maximum Gasteiger partial charge on any atom is 0.224 e. The number of benzene rings is 1. The highest BCUT2D eigenvalue weighted by Gasteiger charge is 2.31. The van der Waals surface area contributed by atoms with Gasteiger partial charge in [-0.3, -0.25) is 4.79 Å². The Morgan fingerprint density at radius 3 is 2.81 bits per heavy atom. The number of amides is 1. The number of hydrogen-bond acceptors (Lipinski definition) is 3. The first-order valence-corrected chi connectivity index (χ1v) is 7.63. The Labute approximate surface area is 126 Å². The number of hydrogen-bond donors (Lipinski definition) is 2. The summed E-state index contributed by atoms with van der Waals surface area (Å²) in [5.74, 6) is 1.37. The number of aliphatic hydroxyl groups is 1. The molecule has 1 saturated carbocycles. The molecule has 1 aromatic rings. The van der Waals surface area contributed by atoms with Crippen molar-refractivity contribution in [3.05, 3.63) is 29.8 Å². The van der Waals surface area contributed by atoms with Gasteiger partial charge in [0.15, 0.2) is 0 Å². The summed E-state index contributed by atoms with van der Waals surface area (Å²) in [6.07, 6.45) is 3.91. The topological polar surface area (TPSA) is 58.6 Å². The van der Waals surface area contributed by atoms with E-state index in [0.717, 1.165) is 37.0 Å². The number of nitrogens with one attached hydrogen (secondary N) is 1. The van der Waals surface area contributed by atoms with Crippen molar-refractivity contribution < 1.29 is 14.6 Å². The van der Waals surface area contributed by atoms with Crippen LogP contribution in [0.2, 0.25) is 0 Å². The van der Waals surface area contributed by atoms with Gasteiger partial charge >= 0.3 is 0 Å². The fraction of sp³-hybridized carbons (Fsp3) is 0.588. The zero-order valence-corrected chi connectivity index (χ0v) is 12.9. The highest BCUT2D eigenvalue weighted by atomic mass is 16.5. The minimum absolute atomic E-state index is 0.0599. The van der Waals surface area contributed by atoms with E-state index in [9.17, 15) is 9.90 Å². The summed E-state index contributed by atoms with van der Waals surface area (Å²) in [5, 5.41) is 13.3. The van der Waals surface area contributed by atoms with E-state index in [1.54, 1.807) is 7.11 Å². The minimum Gasteiger partial charge on any atom is -0.497 e. The van der Waals surface area contributed by atoms with Crippen LogP contribution in [0.25, 0.3) is 0 Å². The van der Waals surface area contributed by atoms with Crippen LogP contribution in [0, 0.1) is 5.92 Å². The molecule has 1 fully saturated rings. The molecule has 0 saturated heterocycles. The van der Waals surface area contributed by atoms with Crippen LogP contribution in [0.15, 0.2) is 24.3 Å². The molecule has 0 unspecified atom stereocenters. The zero-order valence-electron chi connectivity index (χ0n) is 12.9. The molecule has 4 nitrogen and oxygen atoms in total. The van der Waals surface area contributed by atoms with E-state index in [0.29, 0.717) is 18.9 Å². The fourth-order valence-corrected chi connectivity index (χ4v) is 2.77. The highest BCUT2D eigenvalue weighted by Crippen LogP contribution is 2.31. The molecule has 116 valence electrons. The average Bonchev–Trinajstić information content (AvgIpc) is 2.49. The molecule has 0 heterocycles. The van der Waals surface area contributed by atoms with Crippen LogP contribution >= 0.6 is 0 Å². The molecule has 1 aromatic carbocycles. The Bertz CT molecular complexity index is 479. The molecule has 1 amide bonds. The quantitative estimate of drug-likeness (QED) is 0.875. The van der Waals surface area contributed by atoms with Crippen molar-refractivity contribution in [2.45, 2.75) is 44.6 Å². The number of rotatable bonds is 5. The van der Waals surface area contributed by atoms with E-state index in [2.05, 4.69) is 12.2 Å². The first-order valence-electron chi connectivity index (χ1n) is 7.63. The van der Waals surface area contributed by atoms with Crippen LogP contribution < -0.4 is 10.1 Å². The fourth-order valence-electron chi connectivity index (χ4n) is 2.77. The molecule has 0 aromatic heterocycles. The Morgan fingerprint density at radius 2 is 2.14 bits per heavy atom. The van der Waals surface area contributed by atoms with Gasteiger partial charge < -0.3 is 15.2 Å². The molecule has 0 atom stereocenters. The Kier molecular flexibility index (Phi) is 5.23. The molecule has 21 heavy (non-hydrogen) atoms. The number of methoxy groups -OCH3 is 1. The second-order valence-electron chi connectivity index (χ2n) is 6.21. The van der Waals surface area contributed by atoms with Crippen molar-refractivity contribution in [3.63, 3.8) is 0 Å². The first kappa shape index (κ1) is 15.8. The lowest BCUT2D eigenvalue weighted by molar-refractivity contribution is -0.122. The van der Waals surface area contributed by atoms with Crippen molar-refractivity contribution >= 4 is 5.91 Å². The maximum absolute atomic E-state index is 12.0. The molecule has 2 N–H and O–H groups in total. The smallest absolute Gasteiger partial charge is 0.224 e. The first-order chi connectivity index (χ1) is 10.0. The van der Waals surface area contributed by atoms with Crippen LogP contribution in [0.5, 0.6) is 5.75 Å². The summed E-state index contributed by atoms with van der Waals surface area (Å²) < 4.78 is 5.15.